The number of aromatic amines is 1. The SMILES string of the molecule is COC(CS(=O)(=O)Nc1n[nH]c2ccc(C(F)(F)F)cc12)C1CCOC1. The molecule has 1 aliphatic heterocycles. The van der Waals surface area contributed by atoms with Crippen LogP contribution in [-0.4, -0.2) is 50.8 Å². The fraction of sp³-hybridized carbons (Fsp3) is 0.533. The number of alkyl halides is 3. The summed E-state index contributed by atoms with van der Waals surface area (Å²) in [7, 11) is -2.47. The van der Waals surface area contributed by atoms with Gasteiger partial charge in [-0.1, -0.05) is 0 Å². The Morgan fingerprint density at radius 2 is 2.23 bits per heavy atom. The van der Waals surface area contributed by atoms with Gasteiger partial charge in [0, 0.05) is 25.0 Å². The maximum Gasteiger partial charge on any atom is 0.416 e. The zero-order chi connectivity index (χ0) is 18.9. The second-order valence-corrected chi connectivity index (χ2v) is 7.88. The van der Waals surface area contributed by atoms with Crippen LogP contribution < -0.4 is 4.72 Å². The van der Waals surface area contributed by atoms with E-state index in [1.54, 1.807) is 0 Å². The van der Waals surface area contributed by atoms with Gasteiger partial charge in [0.25, 0.3) is 0 Å². The van der Waals surface area contributed by atoms with Crippen LogP contribution in [0.3, 0.4) is 0 Å². The molecule has 2 N–H and O–H groups in total. The lowest BCUT2D eigenvalue weighted by molar-refractivity contribution is -0.137. The molecule has 0 amide bonds. The minimum atomic E-state index is -4.54. The molecule has 2 atom stereocenters. The lowest BCUT2D eigenvalue weighted by Gasteiger charge is -2.20. The van der Waals surface area contributed by atoms with Crippen molar-refractivity contribution in [3.63, 3.8) is 0 Å². The Balaban J connectivity index is 1.82. The lowest BCUT2D eigenvalue weighted by atomic mass is 10.0. The van der Waals surface area contributed by atoms with Crippen LogP contribution in [0.5, 0.6) is 0 Å². The molecule has 1 fully saturated rings. The highest BCUT2D eigenvalue weighted by molar-refractivity contribution is 7.92. The molecule has 2 heterocycles. The van der Waals surface area contributed by atoms with Crippen LogP contribution in [0.25, 0.3) is 10.9 Å². The fourth-order valence-corrected chi connectivity index (χ4v) is 4.29. The van der Waals surface area contributed by atoms with E-state index < -0.39 is 27.9 Å². The quantitative estimate of drug-likeness (QED) is 0.786. The van der Waals surface area contributed by atoms with Gasteiger partial charge in [-0.15, -0.1) is 0 Å². The Kier molecular flexibility index (Phi) is 5.13. The van der Waals surface area contributed by atoms with Gasteiger partial charge in [-0.2, -0.15) is 18.3 Å². The number of hydrogen-bond acceptors (Lipinski definition) is 5. The third kappa shape index (κ3) is 4.10. The van der Waals surface area contributed by atoms with Gasteiger partial charge in [-0.05, 0) is 24.6 Å². The van der Waals surface area contributed by atoms with Gasteiger partial charge in [0.15, 0.2) is 5.82 Å². The van der Waals surface area contributed by atoms with Crippen molar-refractivity contribution >= 4 is 26.7 Å². The second-order valence-electron chi connectivity index (χ2n) is 6.11. The molecule has 3 rings (SSSR count). The van der Waals surface area contributed by atoms with Crippen molar-refractivity contribution < 1.29 is 31.1 Å². The van der Waals surface area contributed by atoms with Crippen molar-refractivity contribution in [3.05, 3.63) is 23.8 Å². The summed E-state index contributed by atoms with van der Waals surface area (Å²) in [5.41, 5.74) is -0.590. The van der Waals surface area contributed by atoms with Crippen LogP contribution in [0.2, 0.25) is 0 Å². The minimum absolute atomic E-state index is 0.0431. The Morgan fingerprint density at radius 1 is 1.46 bits per heavy atom. The standard InChI is InChI=1S/C15H18F3N3O4S/c1-24-13(9-4-5-25-7-9)8-26(22,23)21-14-11-6-10(15(16,17)18)2-3-12(11)19-20-14/h2-3,6,9,13H,4-5,7-8H2,1H3,(H2,19,20,21). The first-order valence-corrected chi connectivity index (χ1v) is 9.51. The monoisotopic (exact) mass is 393 g/mol. The molecule has 0 radical (unpaired) electrons. The van der Waals surface area contributed by atoms with Crippen LogP contribution in [0.15, 0.2) is 18.2 Å². The molecule has 1 aromatic heterocycles. The summed E-state index contributed by atoms with van der Waals surface area (Å²) in [5, 5.41) is 6.35. The third-order valence-corrected chi connectivity index (χ3v) is 5.59. The number of hydrogen-bond donors (Lipinski definition) is 2. The fourth-order valence-electron chi connectivity index (χ4n) is 2.92. The first kappa shape index (κ1) is 18.9. The van der Waals surface area contributed by atoms with Crippen molar-refractivity contribution in [3.8, 4) is 0 Å². The predicted molar refractivity (Wildman–Crippen MR) is 88.2 cm³/mol. The molecular formula is C15H18F3N3O4S. The predicted octanol–water partition coefficient (Wildman–Crippen LogP) is 2.37. The molecule has 2 unspecified atom stereocenters. The lowest BCUT2D eigenvalue weighted by Crippen LogP contribution is -2.34. The smallest absolute Gasteiger partial charge is 0.381 e. The first-order valence-electron chi connectivity index (χ1n) is 7.86. The molecular weight excluding hydrogens is 375 g/mol. The molecule has 0 spiro atoms. The molecule has 0 bridgehead atoms. The summed E-state index contributed by atoms with van der Waals surface area (Å²) in [4.78, 5) is 0. The summed E-state index contributed by atoms with van der Waals surface area (Å²) in [5.74, 6) is -0.571. The molecule has 0 aliphatic carbocycles. The van der Waals surface area contributed by atoms with Crippen LogP contribution >= 0.6 is 0 Å². The van der Waals surface area contributed by atoms with Gasteiger partial charge >= 0.3 is 6.18 Å². The van der Waals surface area contributed by atoms with Gasteiger partial charge in [-0.3, -0.25) is 9.82 Å². The number of methoxy groups -OCH3 is 1. The van der Waals surface area contributed by atoms with Gasteiger partial charge in [0.2, 0.25) is 10.0 Å². The molecule has 11 heteroatoms. The van der Waals surface area contributed by atoms with Gasteiger partial charge in [0.1, 0.15) is 0 Å². The van der Waals surface area contributed by atoms with E-state index in [9.17, 15) is 21.6 Å². The van der Waals surface area contributed by atoms with Crippen LogP contribution in [0, 0.1) is 5.92 Å². The summed E-state index contributed by atoms with van der Waals surface area (Å²) in [6.45, 7) is 0.955. The highest BCUT2D eigenvalue weighted by Gasteiger charge is 2.32. The van der Waals surface area contributed by atoms with E-state index in [4.69, 9.17) is 9.47 Å². The molecule has 2 aromatic rings. The number of fused-ring (bicyclic) bond motifs is 1. The molecule has 7 nitrogen and oxygen atoms in total. The van der Waals surface area contributed by atoms with Crippen LogP contribution in [0.4, 0.5) is 19.0 Å². The van der Waals surface area contributed by atoms with Crippen LogP contribution in [-0.2, 0) is 25.7 Å². The molecule has 1 aromatic carbocycles. The number of rotatable bonds is 6. The Bertz CT molecular complexity index is 876. The van der Waals surface area contributed by atoms with Gasteiger partial charge in [0.05, 0.1) is 29.5 Å². The Labute approximate surface area is 147 Å². The highest BCUT2D eigenvalue weighted by Crippen LogP contribution is 2.33. The first-order chi connectivity index (χ1) is 12.2. The summed E-state index contributed by atoms with van der Waals surface area (Å²) >= 11 is 0. The molecule has 0 saturated carbocycles. The van der Waals surface area contributed by atoms with E-state index in [0.717, 1.165) is 12.1 Å². The maximum atomic E-state index is 12.9. The topological polar surface area (TPSA) is 93.3 Å². The van der Waals surface area contributed by atoms with E-state index in [1.165, 1.54) is 13.2 Å². The van der Waals surface area contributed by atoms with E-state index >= 15 is 0 Å². The normalized spacial score (nSPS) is 19.8. The number of sulfonamides is 1. The molecule has 1 saturated heterocycles. The Morgan fingerprint density at radius 3 is 2.85 bits per heavy atom. The number of ether oxygens (including phenoxy) is 2. The number of halogens is 3. The van der Waals surface area contributed by atoms with E-state index in [1.807, 2.05) is 0 Å². The van der Waals surface area contributed by atoms with Gasteiger partial charge in [-0.25, -0.2) is 8.42 Å². The highest BCUT2D eigenvalue weighted by atomic mass is 32.2. The second kappa shape index (κ2) is 7.05. The van der Waals surface area contributed by atoms with Crippen molar-refractivity contribution in [1.82, 2.24) is 10.2 Å². The largest absolute Gasteiger partial charge is 0.416 e. The van der Waals surface area contributed by atoms with E-state index in [2.05, 4.69) is 14.9 Å². The van der Waals surface area contributed by atoms with Gasteiger partial charge < -0.3 is 9.47 Å². The average Bonchev–Trinajstić information content (AvgIpc) is 3.21. The number of benzene rings is 1. The molecule has 1 aliphatic rings. The number of H-pyrrole nitrogens is 1. The summed E-state index contributed by atoms with van der Waals surface area (Å²) in [6.07, 6.45) is -4.43. The maximum absolute atomic E-state index is 12.9. The number of aromatic nitrogens is 2. The number of nitrogens with zero attached hydrogens (tertiary/aromatic N) is 1. The minimum Gasteiger partial charge on any atom is -0.381 e. The number of anilines is 1. The van der Waals surface area contributed by atoms with Crippen molar-refractivity contribution in [2.24, 2.45) is 5.92 Å². The van der Waals surface area contributed by atoms with Crippen LogP contribution in [0.1, 0.15) is 12.0 Å². The molecule has 144 valence electrons. The van der Waals surface area contributed by atoms with Crippen molar-refractivity contribution in [1.29, 1.82) is 0 Å². The van der Waals surface area contributed by atoms with E-state index in [-0.39, 0.29) is 22.9 Å². The third-order valence-electron chi connectivity index (χ3n) is 4.32. The number of nitrogens with one attached hydrogen (secondary N) is 2. The summed E-state index contributed by atoms with van der Waals surface area (Å²) in [6, 6.07) is 2.96. The zero-order valence-electron chi connectivity index (χ0n) is 13.8. The van der Waals surface area contributed by atoms with E-state index in [0.29, 0.717) is 25.2 Å². The van der Waals surface area contributed by atoms with Crippen molar-refractivity contribution in [2.75, 3.05) is 30.8 Å². The zero-order valence-corrected chi connectivity index (χ0v) is 14.7. The molecule has 26 heavy (non-hydrogen) atoms. The average molecular weight is 393 g/mol. The summed E-state index contributed by atoms with van der Waals surface area (Å²) < 4.78 is 76.3. The Hall–Kier alpha value is -1.85. The van der Waals surface area contributed by atoms with Crippen molar-refractivity contribution in [2.45, 2.75) is 18.7 Å².